The molecule has 0 aromatic heterocycles. The van der Waals surface area contributed by atoms with Gasteiger partial charge in [0.15, 0.2) is 0 Å². The highest BCUT2D eigenvalue weighted by atomic mass is 15.4. The summed E-state index contributed by atoms with van der Waals surface area (Å²) in [5, 5.41) is 0. The standard InChI is InChI=1S/C14H25N2/c1-6-10-15(11-7-2)14-16(5,12-8-3)13-9-4/h6-9H,1-4,10-14H2,5H3/q+1. The van der Waals surface area contributed by atoms with Gasteiger partial charge in [0.25, 0.3) is 0 Å². The van der Waals surface area contributed by atoms with Gasteiger partial charge in [-0.05, 0) is 12.2 Å². The lowest BCUT2D eigenvalue weighted by molar-refractivity contribution is -0.908. The Morgan fingerprint density at radius 3 is 1.62 bits per heavy atom. The topological polar surface area (TPSA) is 3.24 Å². The fraction of sp³-hybridized carbons (Fsp3) is 0.429. The van der Waals surface area contributed by atoms with Crippen molar-refractivity contribution in [3.63, 3.8) is 0 Å². The highest BCUT2D eigenvalue weighted by Gasteiger charge is 2.20. The average Bonchev–Trinajstić information content (AvgIpc) is 2.18. The van der Waals surface area contributed by atoms with Crippen LogP contribution in [0.2, 0.25) is 0 Å². The highest BCUT2D eigenvalue weighted by Crippen LogP contribution is 2.06. The minimum absolute atomic E-state index is 0.883. The van der Waals surface area contributed by atoms with Gasteiger partial charge < -0.3 is 4.48 Å². The second-order valence-corrected chi connectivity index (χ2v) is 4.32. The molecule has 0 aromatic rings. The zero-order valence-corrected chi connectivity index (χ0v) is 10.6. The van der Waals surface area contributed by atoms with Crippen LogP contribution in [0.4, 0.5) is 0 Å². The Balaban J connectivity index is 4.52. The number of hydrogen-bond acceptors (Lipinski definition) is 1. The molecule has 0 bridgehead atoms. The molecule has 2 heteroatoms. The van der Waals surface area contributed by atoms with Crippen molar-refractivity contribution >= 4 is 0 Å². The van der Waals surface area contributed by atoms with Gasteiger partial charge in [-0.2, -0.15) is 0 Å². The summed E-state index contributed by atoms with van der Waals surface area (Å²) in [7, 11) is 2.21. The van der Waals surface area contributed by atoms with Gasteiger partial charge in [-0.3, -0.25) is 0 Å². The van der Waals surface area contributed by atoms with Crippen LogP contribution in [0.25, 0.3) is 0 Å². The van der Waals surface area contributed by atoms with Crippen LogP contribution in [0.3, 0.4) is 0 Å². The van der Waals surface area contributed by atoms with Gasteiger partial charge in [-0.25, -0.2) is 4.90 Å². The quantitative estimate of drug-likeness (QED) is 0.311. The predicted octanol–water partition coefficient (Wildman–Crippen LogP) is 2.44. The number of hydrogen-bond donors (Lipinski definition) is 0. The van der Waals surface area contributed by atoms with Crippen LogP contribution in [0, 0.1) is 0 Å². The van der Waals surface area contributed by atoms with Gasteiger partial charge in [-0.1, -0.05) is 25.3 Å². The molecule has 0 aliphatic heterocycles. The van der Waals surface area contributed by atoms with Crippen LogP contribution < -0.4 is 0 Å². The van der Waals surface area contributed by atoms with E-state index in [0.29, 0.717) is 0 Å². The monoisotopic (exact) mass is 221 g/mol. The minimum Gasteiger partial charge on any atom is -0.307 e. The first-order valence-corrected chi connectivity index (χ1v) is 5.61. The molecule has 2 nitrogen and oxygen atoms in total. The maximum absolute atomic E-state index is 3.82. The molecular formula is C14H25N2+. The lowest BCUT2D eigenvalue weighted by Gasteiger charge is -2.36. The van der Waals surface area contributed by atoms with E-state index < -0.39 is 0 Å². The average molecular weight is 221 g/mol. The van der Waals surface area contributed by atoms with Crippen molar-refractivity contribution in [2.75, 3.05) is 39.9 Å². The molecular weight excluding hydrogens is 196 g/mol. The Morgan fingerprint density at radius 2 is 1.31 bits per heavy atom. The molecule has 0 spiro atoms. The molecule has 0 heterocycles. The van der Waals surface area contributed by atoms with Crippen LogP contribution in [-0.4, -0.2) is 49.3 Å². The summed E-state index contributed by atoms with van der Waals surface area (Å²) in [5.41, 5.74) is 0. The summed E-state index contributed by atoms with van der Waals surface area (Å²) in [6.07, 6.45) is 7.78. The Labute approximate surface area is 100 Å². The zero-order valence-electron chi connectivity index (χ0n) is 10.6. The van der Waals surface area contributed by atoms with E-state index in [2.05, 4.69) is 38.3 Å². The van der Waals surface area contributed by atoms with E-state index in [1.54, 1.807) is 0 Å². The second-order valence-electron chi connectivity index (χ2n) is 4.32. The Hall–Kier alpha value is -1.12. The molecule has 0 fully saturated rings. The molecule has 0 saturated heterocycles. The van der Waals surface area contributed by atoms with E-state index in [4.69, 9.17) is 0 Å². The summed E-state index contributed by atoms with van der Waals surface area (Å²) in [4.78, 5) is 2.31. The van der Waals surface area contributed by atoms with E-state index in [1.165, 1.54) is 0 Å². The van der Waals surface area contributed by atoms with Crippen LogP contribution in [0.15, 0.2) is 50.6 Å². The lowest BCUT2D eigenvalue weighted by atomic mass is 10.3. The van der Waals surface area contributed by atoms with Gasteiger partial charge >= 0.3 is 0 Å². The van der Waals surface area contributed by atoms with Crippen molar-refractivity contribution < 1.29 is 4.48 Å². The fourth-order valence-electron chi connectivity index (χ4n) is 1.85. The van der Waals surface area contributed by atoms with Crippen LogP contribution in [-0.2, 0) is 0 Å². The first-order valence-electron chi connectivity index (χ1n) is 5.61. The molecule has 0 unspecified atom stereocenters. The van der Waals surface area contributed by atoms with E-state index in [9.17, 15) is 0 Å². The third-order valence-electron chi connectivity index (χ3n) is 2.46. The Bertz CT molecular complexity index is 223. The molecule has 0 rings (SSSR count). The summed E-state index contributed by atoms with van der Waals surface area (Å²) in [6.45, 7) is 19.8. The van der Waals surface area contributed by atoms with Crippen molar-refractivity contribution in [2.45, 2.75) is 0 Å². The van der Waals surface area contributed by atoms with Crippen molar-refractivity contribution in [1.29, 1.82) is 0 Å². The first-order chi connectivity index (χ1) is 7.61. The maximum Gasteiger partial charge on any atom is 0.135 e. The minimum atomic E-state index is 0.883. The van der Waals surface area contributed by atoms with E-state index in [0.717, 1.165) is 37.3 Å². The second kappa shape index (κ2) is 8.08. The summed E-state index contributed by atoms with van der Waals surface area (Å²) >= 11 is 0. The van der Waals surface area contributed by atoms with E-state index >= 15 is 0 Å². The van der Waals surface area contributed by atoms with Crippen molar-refractivity contribution in [1.82, 2.24) is 4.90 Å². The summed E-state index contributed by atoms with van der Waals surface area (Å²) in [5.74, 6) is 0. The maximum atomic E-state index is 3.82. The van der Waals surface area contributed by atoms with Crippen molar-refractivity contribution in [3.05, 3.63) is 50.6 Å². The molecule has 0 radical (unpaired) electrons. The molecule has 0 aromatic carbocycles. The fourth-order valence-corrected chi connectivity index (χ4v) is 1.85. The van der Waals surface area contributed by atoms with Gasteiger partial charge in [0.2, 0.25) is 0 Å². The first kappa shape index (κ1) is 14.9. The lowest BCUT2D eigenvalue weighted by Crippen LogP contribution is -2.51. The highest BCUT2D eigenvalue weighted by molar-refractivity contribution is 4.79. The van der Waals surface area contributed by atoms with Crippen LogP contribution in [0.1, 0.15) is 0 Å². The number of nitrogens with zero attached hydrogens (tertiary/aromatic N) is 2. The SMILES string of the molecule is C=CCN(CC=C)C[N+](C)(CC=C)CC=C. The Kier molecular flexibility index (Phi) is 7.52. The number of rotatable bonds is 10. The van der Waals surface area contributed by atoms with Crippen molar-refractivity contribution in [3.8, 4) is 0 Å². The molecule has 0 N–H and O–H groups in total. The summed E-state index contributed by atoms with van der Waals surface area (Å²) < 4.78 is 0.898. The molecule has 0 atom stereocenters. The molecule has 90 valence electrons. The van der Waals surface area contributed by atoms with Crippen LogP contribution >= 0.6 is 0 Å². The van der Waals surface area contributed by atoms with Crippen molar-refractivity contribution in [2.24, 2.45) is 0 Å². The molecule has 0 saturated carbocycles. The smallest absolute Gasteiger partial charge is 0.135 e. The largest absolute Gasteiger partial charge is 0.307 e. The molecule has 0 amide bonds. The molecule has 0 aliphatic carbocycles. The third kappa shape index (κ3) is 5.69. The Morgan fingerprint density at radius 1 is 0.875 bits per heavy atom. The van der Waals surface area contributed by atoms with Gasteiger partial charge in [-0.15, -0.1) is 13.2 Å². The van der Waals surface area contributed by atoms with Gasteiger partial charge in [0.1, 0.15) is 6.67 Å². The van der Waals surface area contributed by atoms with Crippen LogP contribution in [0.5, 0.6) is 0 Å². The summed E-state index contributed by atoms with van der Waals surface area (Å²) in [6, 6.07) is 0. The third-order valence-corrected chi connectivity index (χ3v) is 2.46. The van der Waals surface area contributed by atoms with Gasteiger partial charge in [0.05, 0.1) is 20.1 Å². The number of quaternary nitrogens is 1. The van der Waals surface area contributed by atoms with E-state index in [-0.39, 0.29) is 0 Å². The van der Waals surface area contributed by atoms with E-state index in [1.807, 2.05) is 24.3 Å². The molecule has 16 heavy (non-hydrogen) atoms. The normalized spacial score (nSPS) is 11.1. The van der Waals surface area contributed by atoms with Gasteiger partial charge in [0, 0.05) is 13.1 Å². The zero-order chi connectivity index (χ0) is 12.4. The predicted molar refractivity (Wildman–Crippen MR) is 73.1 cm³/mol. The molecule has 0 aliphatic rings. The number of likely N-dealkylation sites (N-methyl/N-ethyl adjacent to an activating group) is 1.